The molecule has 0 radical (unpaired) electrons. The Hall–Kier alpha value is -2.34. The topological polar surface area (TPSA) is 87.1 Å². The maximum absolute atomic E-state index is 12.2. The van der Waals surface area contributed by atoms with Gasteiger partial charge in [-0.3, -0.25) is 9.59 Å². The van der Waals surface area contributed by atoms with Crippen LogP contribution in [-0.2, 0) is 14.3 Å². The van der Waals surface area contributed by atoms with Crippen molar-refractivity contribution in [2.75, 3.05) is 19.8 Å². The number of carbonyl (C=O) groups excluding carboxylic acids is 1. The SMILES string of the molecule is O=C(O)CC1COCCN1C(=O)/C=C/c1ccc(O)cc1. The highest BCUT2D eigenvalue weighted by Gasteiger charge is 2.27. The van der Waals surface area contributed by atoms with Crippen LogP contribution < -0.4 is 0 Å². The van der Waals surface area contributed by atoms with Crippen molar-refractivity contribution in [1.82, 2.24) is 4.90 Å². The van der Waals surface area contributed by atoms with Crippen molar-refractivity contribution in [3.63, 3.8) is 0 Å². The molecule has 1 unspecified atom stereocenters. The molecule has 2 rings (SSSR count). The van der Waals surface area contributed by atoms with Gasteiger partial charge in [0.1, 0.15) is 5.75 Å². The molecule has 0 saturated carbocycles. The van der Waals surface area contributed by atoms with E-state index in [2.05, 4.69) is 0 Å². The zero-order valence-corrected chi connectivity index (χ0v) is 11.4. The van der Waals surface area contributed by atoms with Crippen LogP contribution >= 0.6 is 0 Å². The maximum Gasteiger partial charge on any atom is 0.305 e. The number of carboxylic acids is 1. The number of aromatic hydroxyl groups is 1. The van der Waals surface area contributed by atoms with Crippen molar-refractivity contribution in [2.45, 2.75) is 12.5 Å². The molecule has 1 atom stereocenters. The van der Waals surface area contributed by atoms with E-state index < -0.39 is 12.0 Å². The number of aliphatic carboxylic acids is 1. The van der Waals surface area contributed by atoms with Crippen LogP contribution in [0.25, 0.3) is 6.08 Å². The minimum atomic E-state index is -0.953. The third-order valence-electron chi connectivity index (χ3n) is 3.23. The maximum atomic E-state index is 12.2. The summed E-state index contributed by atoms with van der Waals surface area (Å²) in [5.74, 6) is -1.03. The standard InChI is InChI=1S/C15H17NO5/c17-13-4-1-11(2-5-13)3-6-14(18)16-7-8-21-10-12(16)9-15(19)20/h1-6,12,17H,7-10H2,(H,19,20)/b6-3+. The number of carboxylic acid groups (broad SMARTS) is 1. The van der Waals surface area contributed by atoms with Gasteiger partial charge < -0.3 is 19.8 Å². The van der Waals surface area contributed by atoms with E-state index in [1.54, 1.807) is 18.2 Å². The largest absolute Gasteiger partial charge is 0.508 e. The summed E-state index contributed by atoms with van der Waals surface area (Å²) in [7, 11) is 0. The summed E-state index contributed by atoms with van der Waals surface area (Å²) in [6.07, 6.45) is 2.92. The van der Waals surface area contributed by atoms with E-state index in [0.29, 0.717) is 13.2 Å². The second-order valence-corrected chi connectivity index (χ2v) is 4.78. The lowest BCUT2D eigenvalue weighted by atomic mass is 10.1. The molecule has 21 heavy (non-hydrogen) atoms. The first-order chi connectivity index (χ1) is 10.1. The normalized spacial score (nSPS) is 18.9. The lowest BCUT2D eigenvalue weighted by Gasteiger charge is -2.34. The summed E-state index contributed by atoms with van der Waals surface area (Å²) in [4.78, 5) is 24.5. The number of phenols is 1. The highest BCUT2D eigenvalue weighted by molar-refractivity contribution is 5.92. The summed E-state index contributed by atoms with van der Waals surface area (Å²) in [5, 5.41) is 18.1. The van der Waals surface area contributed by atoms with Gasteiger partial charge in [-0.2, -0.15) is 0 Å². The zero-order valence-electron chi connectivity index (χ0n) is 11.4. The molecule has 1 aromatic carbocycles. The third kappa shape index (κ3) is 4.32. The predicted octanol–water partition coefficient (Wildman–Crippen LogP) is 1.11. The number of amides is 1. The van der Waals surface area contributed by atoms with Crippen LogP contribution in [0.2, 0.25) is 0 Å². The van der Waals surface area contributed by atoms with Crippen LogP contribution in [-0.4, -0.2) is 52.8 Å². The van der Waals surface area contributed by atoms with Gasteiger partial charge in [0.2, 0.25) is 5.91 Å². The Labute approximate surface area is 122 Å². The Balaban J connectivity index is 2.03. The summed E-state index contributed by atoms with van der Waals surface area (Å²) in [6, 6.07) is 6.01. The fourth-order valence-electron chi connectivity index (χ4n) is 2.16. The second kappa shape index (κ2) is 6.90. The molecule has 112 valence electrons. The van der Waals surface area contributed by atoms with Crippen molar-refractivity contribution >= 4 is 18.0 Å². The van der Waals surface area contributed by atoms with Gasteiger partial charge >= 0.3 is 5.97 Å². The van der Waals surface area contributed by atoms with E-state index >= 15 is 0 Å². The van der Waals surface area contributed by atoms with Crippen LogP contribution in [0.15, 0.2) is 30.3 Å². The number of phenolic OH excluding ortho intramolecular Hbond substituents is 1. The molecule has 1 aliphatic rings. The Morgan fingerprint density at radius 2 is 2.05 bits per heavy atom. The molecule has 1 aromatic rings. The van der Waals surface area contributed by atoms with Crippen molar-refractivity contribution in [3.8, 4) is 5.75 Å². The Bertz CT molecular complexity index is 537. The number of morpholine rings is 1. The molecule has 1 amide bonds. The Kier molecular flexibility index (Phi) is 4.94. The van der Waals surface area contributed by atoms with Crippen LogP contribution in [0.5, 0.6) is 5.75 Å². The summed E-state index contributed by atoms with van der Waals surface area (Å²) in [6.45, 7) is 1.04. The number of nitrogens with zero attached hydrogens (tertiary/aromatic N) is 1. The van der Waals surface area contributed by atoms with E-state index in [1.165, 1.54) is 23.1 Å². The van der Waals surface area contributed by atoms with Crippen molar-refractivity contribution in [1.29, 1.82) is 0 Å². The highest BCUT2D eigenvalue weighted by atomic mass is 16.5. The third-order valence-corrected chi connectivity index (χ3v) is 3.23. The first-order valence-electron chi connectivity index (χ1n) is 6.63. The second-order valence-electron chi connectivity index (χ2n) is 4.78. The van der Waals surface area contributed by atoms with Gasteiger partial charge in [-0.25, -0.2) is 0 Å². The Morgan fingerprint density at radius 3 is 2.71 bits per heavy atom. The summed E-state index contributed by atoms with van der Waals surface area (Å²) in [5.41, 5.74) is 0.782. The number of hydrogen-bond donors (Lipinski definition) is 2. The zero-order chi connectivity index (χ0) is 15.2. The number of rotatable bonds is 4. The molecular weight excluding hydrogens is 274 g/mol. The fraction of sp³-hybridized carbons (Fsp3) is 0.333. The number of benzene rings is 1. The molecule has 0 bridgehead atoms. The first-order valence-corrected chi connectivity index (χ1v) is 6.63. The average Bonchev–Trinajstić information content (AvgIpc) is 2.46. The van der Waals surface area contributed by atoms with E-state index in [-0.39, 0.29) is 24.7 Å². The molecule has 0 aromatic heterocycles. The Morgan fingerprint density at radius 1 is 1.33 bits per heavy atom. The van der Waals surface area contributed by atoms with Gasteiger partial charge in [-0.1, -0.05) is 12.1 Å². The quantitative estimate of drug-likeness (QED) is 0.811. The van der Waals surface area contributed by atoms with E-state index in [0.717, 1.165) is 5.56 Å². The monoisotopic (exact) mass is 291 g/mol. The van der Waals surface area contributed by atoms with Crippen molar-refractivity contribution in [3.05, 3.63) is 35.9 Å². The molecule has 1 saturated heterocycles. The molecule has 1 fully saturated rings. The lowest BCUT2D eigenvalue weighted by Crippen LogP contribution is -2.49. The van der Waals surface area contributed by atoms with Crippen LogP contribution in [0.4, 0.5) is 0 Å². The predicted molar refractivity (Wildman–Crippen MR) is 75.7 cm³/mol. The minimum Gasteiger partial charge on any atom is -0.508 e. The van der Waals surface area contributed by atoms with Crippen LogP contribution in [0, 0.1) is 0 Å². The molecule has 1 aliphatic heterocycles. The van der Waals surface area contributed by atoms with Gasteiger partial charge in [0.15, 0.2) is 0 Å². The fourth-order valence-corrected chi connectivity index (χ4v) is 2.16. The minimum absolute atomic E-state index is 0.126. The van der Waals surface area contributed by atoms with Crippen molar-refractivity contribution < 1.29 is 24.5 Å². The molecule has 2 N–H and O–H groups in total. The molecule has 6 nitrogen and oxygen atoms in total. The molecular formula is C15H17NO5. The summed E-state index contributed by atoms with van der Waals surface area (Å²) >= 11 is 0. The highest BCUT2D eigenvalue weighted by Crippen LogP contribution is 2.14. The van der Waals surface area contributed by atoms with Crippen molar-refractivity contribution in [2.24, 2.45) is 0 Å². The van der Waals surface area contributed by atoms with Crippen LogP contribution in [0.1, 0.15) is 12.0 Å². The first kappa shape index (κ1) is 15.1. The number of ether oxygens (including phenoxy) is 1. The molecule has 0 aliphatic carbocycles. The summed E-state index contributed by atoms with van der Waals surface area (Å²) < 4.78 is 5.23. The van der Waals surface area contributed by atoms with Gasteiger partial charge in [0.25, 0.3) is 0 Å². The molecule has 0 spiro atoms. The van der Waals surface area contributed by atoms with E-state index in [4.69, 9.17) is 9.84 Å². The van der Waals surface area contributed by atoms with E-state index in [9.17, 15) is 14.7 Å². The average molecular weight is 291 g/mol. The van der Waals surface area contributed by atoms with Gasteiger partial charge in [-0.05, 0) is 23.8 Å². The van der Waals surface area contributed by atoms with Crippen LogP contribution in [0.3, 0.4) is 0 Å². The van der Waals surface area contributed by atoms with Gasteiger partial charge in [0, 0.05) is 12.6 Å². The van der Waals surface area contributed by atoms with Gasteiger partial charge in [-0.15, -0.1) is 0 Å². The lowest BCUT2D eigenvalue weighted by molar-refractivity contribution is -0.143. The molecule has 6 heteroatoms. The van der Waals surface area contributed by atoms with Gasteiger partial charge in [0.05, 0.1) is 25.7 Å². The van der Waals surface area contributed by atoms with E-state index in [1.807, 2.05) is 0 Å². The number of hydrogen-bond acceptors (Lipinski definition) is 4. The molecule has 1 heterocycles. The number of carbonyl (C=O) groups is 2. The smallest absolute Gasteiger partial charge is 0.305 e.